The first kappa shape index (κ1) is 20.8. The first-order valence-electron chi connectivity index (χ1n) is 10.9. The molecular formula is C25H28ClN3O. The van der Waals surface area contributed by atoms with E-state index in [1.165, 1.54) is 24.8 Å². The summed E-state index contributed by atoms with van der Waals surface area (Å²) in [6.45, 7) is 2.57. The SMILES string of the molecule is N#Cc1ccc(N(CC2CCC2)C2CCN(C(=O)CCc3ccccc3)C2)cc1Cl. The van der Waals surface area contributed by atoms with Gasteiger partial charge in [-0.15, -0.1) is 0 Å². The largest absolute Gasteiger partial charge is 0.366 e. The van der Waals surface area contributed by atoms with Gasteiger partial charge in [0, 0.05) is 37.8 Å². The van der Waals surface area contributed by atoms with Gasteiger partial charge in [-0.25, -0.2) is 0 Å². The lowest BCUT2D eigenvalue weighted by atomic mass is 9.84. The molecule has 1 aliphatic carbocycles. The summed E-state index contributed by atoms with van der Waals surface area (Å²) in [7, 11) is 0. The van der Waals surface area contributed by atoms with Crippen LogP contribution in [0, 0.1) is 17.2 Å². The summed E-state index contributed by atoms with van der Waals surface area (Å²) in [6.07, 6.45) is 6.17. The van der Waals surface area contributed by atoms with Crippen molar-refractivity contribution in [2.45, 2.75) is 44.6 Å². The third-order valence-corrected chi connectivity index (χ3v) is 6.82. The number of amides is 1. The Balaban J connectivity index is 1.42. The van der Waals surface area contributed by atoms with E-state index in [2.05, 4.69) is 23.1 Å². The number of anilines is 1. The van der Waals surface area contributed by atoms with E-state index >= 15 is 0 Å². The second-order valence-corrected chi connectivity index (χ2v) is 8.90. The van der Waals surface area contributed by atoms with Crippen molar-refractivity contribution in [3.8, 4) is 6.07 Å². The molecule has 0 bridgehead atoms. The molecule has 2 aromatic carbocycles. The van der Waals surface area contributed by atoms with Gasteiger partial charge in [-0.1, -0.05) is 48.4 Å². The lowest BCUT2D eigenvalue weighted by Crippen LogP contribution is -2.43. The lowest BCUT2D eigenvalue weighted by Gasteiger charge is -2.37. The second-order valence-electron chi connectivity index (χ2n) is 8.49. The van der Waals surface area contributed by atoms with Gasteiger partial charge in [0.15, 0.2) is 0 Å². The standard InChI is InChI=1S/C25H28ClN3O/c26-24-15-22(11-10-21(24)16-27)29(17-20-7-4-8-20)23-13-14-28(18-23)25(30)12-9-19-5-2-1-3-6-19/h1-3,5-6,10-11,15,20,23H,4,7-9,12-14,17-18H2. The zero-order chi connectivity index (χ0) is 20.9. The Labute approximate surface area is 184 Å². The number of carbonyl (C=O) groups excluding carboxylic acids is 1. The molecular weight excluding hydrogens is 394 g/mol. The molecule has 1 aliphatic heterocycles. The fraction of sp³-hybridized carbons (Fsp3) is 0.440. The zero-order valence-electron chi connectivity index (χ0n) is 17.3. The van der Waals surface area contributed by atoms with Gasteiger partial charge in [0.25, 0.3) is 0 Å². The van der Waals surface area contributed by atoms with Crippen LogP contribution in [0.2, 0.25) is 5.02 Å². The topological polar surface area (TPSA) is 47.3 Å². The Morgan fingerprint density at radius 3 is 2.63 bits per heavy atom. The van der Waals surface area contributed by atoms with E-state index in [1.54, 1.807) is 0 Å². The Morgan fingerprint density at radius 2 is 1.97 bits per heavy atom. The van der Waals surface area contributed by atoms with Gasteiger partial charge in [-0.3, -0.25) is 4.79 Å². The molecule has 1 amide bonds. The van der Waals surface area contributed by atoms with Gasteiger partial charge in [-0.2, -0.15) is 5.26 Å². The molecule has 1 saturated heterocycles. The van der Waals surface area contributed by atoms with Crippen molar-refractivity contribution in [1.82, 2.24) is 4.90 Å². The number of nitrogens with zero attached hydrogens (tertiary/aromatic N) is 3. The van der Waals surface area contributed by atoms with Crippen molar-refractivity contribution in [1.29, 1.82) is 5.26 Å². The first-order chi connectivity index (χ1) is 14.6. The number of nitriles is 1. The second kappa shape index (κ2) is 9.53. The van der Waals surface area contributed by atoms with Crippen LogP contribution in [0.3, 0.4) is 0 Å². The Bertz CT molecular complexity index is 920. The van der Waals surface area contributed by atoms with E-state index in [4.69, 9.17) is 11.6 Å². The van der Waals surface area contributed by atoms with Gasteiger partial charge in [0.2, 0.25) is 5.91 Å². The van der Waals surface area contributed by atoms with Crippen molar-refractivity contribution >= 4 is 23.2 Å². The number of likely N-dealkylation sites (tertiary alicyclic amines) is 1. The predicted octanol–water partition coefficient (Wildman–Crippen LogP) is 5.05. The molecule has 1 atom stereocenters. The lowest BCUT2D eigenvalue weighted by molar-refractivity contribution is -0.130. The van der Waals surface area contributed by atoms with Crippen molar-refractivity contribution in [2.75, 3.05) is 24.5 Å². The van der Waals surface area contributed by atoms with Gasteiger partial charge in [0.1, 0.15) is 6.07 Å². The number of benzene rings is 2. The third kappa shape index (κ3) is 4.79. The molecule has 0 radical (unpaired) electrons. The monoisotopic (exact) mass is 421 g/mol. The smallest absolute Gasteiger partial charge is 0.222 e. The van der Waals surface area contributed by atoms with Crippen molar-refractivity contribution in [2.24, 2.45) is 5.92 Å². The number of aryl methyl sites for hydroxylation is 1. The highest BCUT2D eigenvalue weighted by molar-refractivity contribution is 6.32. The Morgan fingerprint density at radius 1 is 1.17 bits per heavy atom. The highest BCUT2D eigenvalue weighted by Gasteiger charge is 2.33. The van der Waals surface area contributed by atoms with Crippen molar-refractivity contribution in [3.63, 3.8) is 0 Å². The van der Waals surface area contributed by atoms with E-state index in [-0.39, 0.29) is 5.91 Å². The van der Waals surface area contributed by atoms with Gasteiger partial charge < -0.3 is 9.80 Å². The van der Waals surface area contributed by atoms with E-state index in [1.807, 2.05) is 41.3 Å². The maximum Gasteiger partial charge on any atom is 0.222 e. The third-order valence-electron chi connectivity index (χ3n) is 6.51. The average Bonchev–Trinajstić information content (AvgIpc) is 3.22. The highest BCUT2D eigenvalue weighted by Crippen LogP contribution is 2.33. The number of hydrogen-bond donors (Lipinski definition) is 0. The average molecular weight is 422 g/mol. The van der Waals surface area contributed by atoms with Crippen molar-refractivity contribution in [3.05, 3.63) is 64.7 Å². The van der Waals surface area contributed by atoms with Crippen LogP contribution in [0.15, 0.2) is 48.5 Å². The normalized spacial score (nSPS) is 18.7. The van der Waals surface area contributed by atoms with E-state index < -0.39 is 0 Å². The van der Waals surface area contributed by atoms with Crippen LogP contribution in [0.1, 0.15) is 43.2 Å². The minimum Gasteiger partial charge on any atom is -0.366 e. The summed E-state index contributed by atoms with van der Waals surface area (Å²) >= 11 is 6.33. The molecule has 156 valence electrons. The summed E-state index contributed by atoms with van der Waals surface area (Å²) in [4.78, 5) is 17.3. The van der Waals surface area contributed by atoms with E-state index in [0.717, 1.165) is 38.2 Å². The quantitative estimate of drug-likeness (QED) is 0.628. The molecule has 1 saturated carbocycles. The molecule has 0 spiro atoms. The fourth-order valence-electron chi connectivity index (χ4n) is 4.47. The van der Waals surface area contributed by atoms with Crippen LogP contribution in [-0.4, -0.2) is 36.5 Å². The first-order valence-corrected chi connectivity index (χ1v) is 11.3. The molecule has 30 heavy (non-hydrogen) atoms. The minimum absolute atomic E-state index is 0.239. The summed E-state index contributed by atoms with van der Waals surface area (Å²) in [6, 6.07) is 18.4. The van der Waals surface area contributed by atoms with Crippen LogP contribution in [0.4, 0.5) is 5.69 Å². The van der Waals surface area contributed by atoms with Crippen LogP contribution >= 0.6 is 11.6 Å². The summed E-state index contributed by atoms with van der Waals surface area (Å²) in [5.41, 5.74) is 2.78. The van der Waals surface area contributed by atoms with Gasteiger partial charge in [0.05, 0.1) is 10.6 Å². The van der Waals surface area contributed by atoms with Crippen molar-refractivity contribution < 1.29 is 4.79 Å². The number of hydrogen-bond acceptors (Lipinski definition) is 3. The minimum atomic E-state index is 0.239. The molecule has 4 rings (SSSR count). The maximum absolute atomic E-state index is 12.8. The van der Waals surface area contributed by atoms with E-state index in [9.17, 15) is 10.1 Å². The van der Waals surface area contributed by atoms with Gasteiger partial charge >= 0.3 is 0 Å². The summed E-state index contributed by atoms with van der Waals surface area (Å²) in [5, 5.41) is 9.69. The van der Waals surface area contributed by atoms with Crippen LogP contribution in [-0.2, 0) is 11.2 Å². The number of halogens is 1. The highest BCUT2D eigenvalue weighted by atomic mass is 35.5. The molecule has 4 nitrogen and oxygen atoms in total. The zero-order valence-corrected chi connectivity index (χ0v) is 18.0. The number of rotatable bonds is 7. The molecule has 5 heteroatoms. The Kier molecular flexibility index (Phi) is 6.59. The number of carbonyl (C=O) groups is 1. The summed E-state index contributed by atoms with van der Waals surface area (Å²) < 4.78 is 0. The van der Waals surface area contributed by atoms with Crippen LogP contribution in [0.5, 0.6) is 0 Å². The van der Waals surface area contributed by atoms with Gasteiger partial charge in [-0.05, 0) is 55.4 Å². The molecule has 2 aliphatic rings. The summed E-state index contributed by atoms with van der Waals surface area (Å²) in [5.74, 6) is 0.949. The molecule has 1 heterocycles. The Hall–Kier alpha value is -2.51. The maximum atomic E-state index is 12.8. The van der Waals surface area contributed by atoms with E-state index in [0.29, 0.717) is 29.0 Å². The molecule has 0 aromatic heterocycles. The van der Waals surface area contributed by atoms with Crippen LogP contribution in [0.25, 0.3) is 0 Å². The molecule has 1 unspecified atom stereocenters. The van der Waals surface area contributed by atoms with Crippen LogP contribution < -0.4 is 4.90 Å². The molecule has 2 fully saturated rings. The predicted molar refractivity (Wildman–Crippen MR) is 121 cm³/mol. The fourth-order valence-corrected chi connectivity index (χ4v) is 4.69. The molecule has 0 N–H and O–H groups in total. The molecule has 2 aromatic rings.